The second-order valence-electron chi connectivity index (χ2n) is 4.96. The van der Waals surface area contributed by atoms with Crippen LogP contribution in [0.15, 0.2) is 16.9 Å². The lowest BCUT2D eigenvalue weighted by atomic mass is 10.1. The molecule has 4 nitrogen and oxygen atoms in total. The fourth-order valence-electron chi connectivity index (χ4n) is 1.60. The van der Waals surface area contributed by atoms with Gasteiger partial charge in [-0.25, -0.2) is 4.68 Å². The van der Waals surface area contributed by atoms with Gasteiger partial charge in [0.2, 0.25) is 0 Å². The van der Waals surface area contributed by atoms with E-state index >= 15 is 0 Å². The van der Waals surface area contributed by atoms with Gasteiger partial charge in [0, 0.05) is 18.0 Å². The largest absolute Gasteiger partial charge is 0.326 e. The summed E-state index contributed by atoms with van der Waals surface area (Å²) in [6.45, 7) is 4.62. The summed E-state index contributed by atoms with van der Waals surface area (Å²) in [4.78, 5) is 11.6. The van der Waals surface area contributed by atoms with Gasteiger partial charge in [0.15, 0.2) is 0 Å². The summed E-state index contributed by atoms with van der Waals surface area (Å²) >= 11 is 0. The Morgan fingerprint density at radius 3 is 2.75 bits per heavy atom. The molecule has 1 aromatic heterocycles. The first kappa shape index (κ1) is 11.3. The summed E-state index contributed by atoms with van der Waals surface area (Å²) in [5, 5.41) is 4.38. The van der Waals surface area contributed by atoms with E-state index < -0.39 is 0 Å². The minimum absolute atomic E-state index is 0.0142. The van der Waals surface area contributed by atoms with E-state index in [2.05, 4.69) is 18.9 Å². The van der Waals surface area contributed by atoms with Crippen LogP contribution in [0.3, 0.4) is 0 Å². The van der Waals surface area contributed by atoms with Crippen molar-refractivity contribution in [3.8, 4) is 0 Å². The van der Waals surface area contributed by atoms with E-state index in [-0.39, 0.29) is 11.6 Å². The molecule has 0 saturated heterocycles. The molecule has 88 valence electrons. The number of nitrogens with zero attached hydrogens (tertiary/aromatic N) is 2. The second-order valence-corrected chi connectivity index (χ2v) is 4.96. The molecule has 0 radical (unpaired) electrons. The van der Waals surface area contributed by atoms with E-state index in [9.17, 15) is 4.79 Å². The SMILES string of the molecule is CC(C)[C@H](N)Cn1nc(C2CC2)ccc1=O. The molecule has 0 aromatic carbocycles. The van der Waals surface area contributed by atoms with E-state index in [1.807, 2.05) is 6.07 Å². The summed E-state index contributed by atoms with van der Waals surface area (Å²) in [6.07, 6.45) is 2.39. The fourth-order valence-corrected chi connectivity index (χ4v) is 1.60. The van der Waals surface area contributed by atoms with Crippen LogP contribution in [0.1, 0.15) is 38.3 Å². The van der Waals surface area contributed by atoms with Crippen molar-refractivity contribution in [3.63, 3.8) is 0 Å². The zero-order chi connectivity index (χ0) is 11.7. The van der Waals surface area contributed by atoms with Crippen molar-refractivity contribution in [2.75, 3.05) is 0 Å². The van der Waals surface area contributed by atoms with Crippen LogP contribution in [-0.4, -0.2) is 15.8 Å². The van der Waals surface area contributed by atoms with Gasteiger partial charge in [-0.2, -0.15) is 5.10 Å². The van der Waals surface area contributed by atoms with Crippen LogP contribution in [0.2, 0.25) is 0 Å². The molecule has 1 aliphatic rings. The van der Waals surface area contributed by atoms with Crippen molar-refractivity contribution in [2.24, 2.45) is 11.7 Å². The zero-order valence-electron chi connectivity index (χ0n) is 9.89. The number of aromatic nitrogens is 2. The number of hydrogen-bond acceptors (Lipinski definition) is 3. The second kappa shape index (κ2) is 4.37. The van der Waals surface area contributed by atoms with Gasteiger partial charge >= 0.3 is 0 Å². The zero-order valence-corrected chi connectivity index (χ0v) is 9.89. The highest BCUT2D eigenvalue weighted by Gasteiger charge is 2.25. The molecule has 4 heteroatoms. The van der Waals surface area contributed by atoms with Crippen LogP contribution in [0.5, 0.6) is 0 Å². The van der Waals surface area contributed by atoms with Gasteiger partial charge in [-0.15, -0.1) is 0 Å². The molecule has 0 amide bonds. The van der Waals surface area contributed by atoms with Gasteiger partial charge in [0.05, 0.1) is 12.2 Å². The minimum atomic E-state index is -0.0551. The Labute approximate surface area is 95.5 Å². The quantitative estimate of drug-likeness (QED) is 0.828. The highest BCUT2D eigenvalue weighted by molar-refractivity contribution is 5.12. The Bertz CT molecular complexity index is 421. The first-order valence-corrected chi connectivity index (χ1v) is 5.91. The Morgan fingerprint density at radius 2 is 2.19 bits per heavy atom. The van der Waals surface area contributed by atoms with Gasteiger partial charge in [-0.3, -0.25) is 4.79 Å². The van der Waals surface area contributed by atoms with Gasteiger partial charge in [0.25, 0.3) is 5.56 Å². The first-order chi connectivity index (χ1) is 7.58. The maximum atomic E-state index is 11.6. The summed E-state index contributed by atoms with van der Waals surface area (Å²) in [5.41, 5.74) is 6.94. The van der Waals surface area contributed by atoms with Crippen molar-refractivity contribution in [3.05, 3.63) is 28.2 Å². The summed E-state index contributed by atoms with van der Waals surface area (Å²) in [7, 11) is 0. The van der Waals surface area contributed by atoms with E-state index in [0.717, 1.165) is 5.69 Å². The lowest BCUT2D eigenvalue weighted by Gasteiger charge is -2.16. The monoisotopic (exact) mass is 221 g/mol. The fraction of sp³-hybridized carbons (Fsp3) is 0.667. The molecule has 1 heterocycles. The number of nitrogens with two attached hydrogens (primary N) is 1. The lowest BCUT2D eigenvalue weighted by Crippen LogP contribution is -2.36. The topological polar surface area (TPSA) is 60.9 Å². The molecule has 0 bridgehead atoms. The molecule has 1 saturated carbocycles. The van der Waals surface area contributed by atoms with Crippen LogP contribution in [0.4, 0.5) is 0 Å². The standard InChI is InChI=1S/C12H19N3O/c1-8(2)10(13)7-15-12(16)6-5-11(14-15)9-3-4-9/h5-6,8-10H,3-4,7,13H2,1-2H3/t10-/m1/s1. The average Bonchev–Trinajstić information content (AvgIpc) is 3.04. The van der Waals surface area contributed by atoms with Crippen molar-refractivity contribution in [2.45, 2.75) is 45.2 Å². The van der Waals surface area contributed by atoms with Crippen LogP contribution in [-0.2, 0) is 6.54 Å². The Hall–Kier alpha value is -1.16. The number of hydrogen-bond donors (Lipinski definition) is 1. The molecular weight excluding hydrogens is 202 g/mol. The highest BCUT2D eigenvalue weighted by atomic mass is 16.1. The van der Waals surface area contributed by atoms with Crippen molar-refractivity contribution in [1.82, 2.24) is 9.78 Å². The van der Waals surface area contributed by atoms with Crippen LogP contribution >= 0.6 is 0 Å². The maximum absolute atomic E-state index is 11.6. The van der Waals surface area contributed by atoms with E-state index in [1.165, 1.54) is 17.5 Å². The summed E-state index contributed by atoms with van der Waals surface area (Å²) in [6, 6.07) is 3.44. The third kappa shape index (κ3) is 2.50. The molecule has 0 aliphatic heterocycles. The van der Waals surface area contributed by atoms with Crippen molar-refractivity contribution >= 4 is 0 Å². The predicted molar refractivity (Wildman–Crippen MR) is 63.3 cm³/mol. The van der Waals surface area contributed by atoms with Gasteiger partial charge in [-0.1, -0.05) is 13.8 Å². The molecule has 0 spiro atoms. The smallest absolute Gasteiger partial charge is 0.266 e. The molecule has 1 aliphatic carbocycles. The lowest BCUT2D eigenvalue weighted by molar-refractivity contribution is 0.400. The molecule has 2 rings (SSSR count). The molecule has 1 aromatic rings. The normalized spacial score (nSPS) is 17.8. The Balaban J connectivity index is 2.18. The highest BCUT2D eigenvalue weighted by Crippen LogP contribution is 2.38. The van der Waals surface area contributed by atoms with Crippen molar-refractivity contribution < 1.29 is 0 Å². The van der Waals surface area contributed by atoms with E-state index in [4.69, 9.17) is 5.73 Å². The molecule has 1 atom stereocenters. The number of rotatable bonds is 4. The first-order valence-electron chi connectivity index (χ1n) is 5.91. The van der Waals surface area contributed by atoms with E-state index in [1.54, 1.807) is 6.07 Å². The van der Waals surface area contributed by atoms with Crippen LogP contribution in [0, 0.1) is 5.92 Å². The summed E-state index contributed by atoms with van der Waals surface area (Å²) < 4.78 is 1.51. The third-order valence-electron chi connectivity index (χ3n) is 3.12. The molecule has 2 N–H and O–H groups in total. The van der Waals surface area contributed by atoms with E-state index in [0.29, 0.717) is 18.4 Å². The molecule has 1 fully saturated rings. The van der Waals surface area contributed by atoms with Crippen LogP contribution in [0.25, 0.3) is 0 Å². The maximum Gasteiger partial charge on any atom is 0.266 e. The van der Waals surface area contributed by atoms with Crippen LogP contribution < -0.4 is 11.3 Å². The average molecular weight is 221 g/mol. The minimum Gasteiger partial charge on any atom is -0.326 e. The third-order valence-corrected chi connectivity index (χ3v) is 3.12. The predicted octanol–water partition coefficient (Wildman–Crippen LogP) is 1.10. The molecule has 16 heavy (non-hydrogen) atoms. The van der Waals surface area contributed by atoms with Crippen molar-refractivity contribution in [1.29, 1.82) is 0 Å². The summed E-state index contributed by atoms with van der Waals surface area (Å²) in [5.74, 6) is 0.931. The van der Waals surface area contributed by atoms with Gasteiger partial charge in [0.1, 0.15) is 0 Å². The Kier molecular flexibility index (Phi) is 3.10. The molecular formula is C12H19N3O. The van der Waals surface area contributed by atoms with Gasteiger partial charge < -0.3 is 5.73 Å². The Morgan fingerprint density at radius 1 is 1.50 bits per heavy atom. The molecule has 0 unspecified atom stereocenters. The van der Waals surface area contributed by atoms with Gasteiger partial charge in [-0.05, 0) is 24.8 Å².